The highest BCUT2D eigenvalue weighted by Gasteiger charge is 2.17. The second-order valence-corrected chi connectivity index (χ2v) is 3.67. The van der Waals surface area contributed by atoms with E-state index in [-0.39, 0.29) is 0 Å². The molecule has 2 rings (SSSR count). The van der Waals surface area contributed by atoms with E-state index in [0.717, 1.165) is 25.9 Å². The van der Waals surface area contributed by atoms with Gasteiger partial charge >= 0.3 is 0 Å². The van der Waals surface area contributed by atoms with Gasteiger partial charge in [-0.05, 0) is 6.42 Å². The van der Waals surface area contributed by atoms with Gasteiger partial charge in [0.05, 0.1) is 5.69 Å². The van der Waals surface area contributed by atoms with E-state index in [2.05, 4.69) is 29.1 Å². The molecule has 0 saturated carbocycles. The summed E-state index contributed by atoms with van der Waals surface area (Å²) in [4.78, 5) is 0. The van der Waals surface area contributed by atoms with Gasteiger partial charge in [0.1, 0.15) is 0 Å². The Kier molecular flexibility index (Phi) is 2.36. The van der Waals surface area contributed by atoms with Gasteiger partial charge in [-0.15, -0.1) is 0 Å². The zero-order chi connectivity index (χ0) is 9.26. The number of nitrogens with zero attached hydrogens (tertiary/aromatic N) is 2. The second kappa shape index (κ2) is 3.50. The monoisotopic (exact) mass is 179 g/mol. The number of fused-ring (bicyclic) bond motifs is 1. The van der Waals surface area contributed by atoms with Crippen LogP contribution in [0.5, 0.6) is 0 Å². The fraction of sp³-hybridized carbons (Fsp3) is 0.700. The van der Waals surface area contributed by atoms with Crippen LogP contribution in [0.3, 0.4) is 0 Å². The van der Waals surface area contributed by atoms with Crippen molar-refractivity contribution in [2.24, 2.45) is 7.05 Å². The molecule has 13 heavy (non-hydrogen) atoms. The van der Waals surface area contributed by atoms with Gasteiger partial charge in [0.15, 0.2) is 0 Å². The molecule has 3 heteroatoms. The first-order chi connectivity index (χ1) is 6.33. The molecule has 0 atom stereocenters. The third-order valence-corrected chi connectivity index (χ3v) is 2.69. The molecule has 0 spiro atoms. The molecule has 0 bridgehead atoms. The van der Waals surface area contributed by atoms with Crippen LogP contribution >= 0.6 is 0 Å². The topological polar surface area (TPSA) is 29.9 Å². The molecule has 0 radical (unpaired) electrons. The molecule has 1 aliphatic rings. The highest BCUT2D eigenvalue weighted by Crippen LogP contribution is 2.18. The summed E-state index contributed by atoms with van der Waals surface area (Å²) in [7, 11) is 2.06. The summed E-state index contributed by atoms with van der Waals surface area (Å²) in [6.07, 6.45) is 3.43. The van der Waals surface area contributed by atoms with Crippen LogP contribution in [0.15, 0.2) is 0 Å². The second-order valence-electron chi connectivity index (χ2n) is 3.67. The largest absolute Gasteiger partial charge is 0.312 e. The first-order valence-corrected chi connectivity index (χ1v) is 5.07. The van der Waals surface area contributed by atoms with E-state index in [1.54, 1.807) is 0 Å². The Morgan fingerprint density at radius 1 is 1.54 bits per heavy atom. The van der Waals surface area contributed by atoms with Gasteiger partial charge in [-0.25, -0.2) is 0 Å². The maximum absolute atomic E-state index is 4.56. The smallest absolute Gasteiger partial charge is 0.0672 e. The molecule has 3 nitrogen and oxygen atoms in total. The van der Waals surface area contributed by atoms with Crippen molar-refractivity contribution in [1.29, 1.82) is 0 Å². The van der Waals surface area contributed by atoms with Crippen LogP contribution in [0.2, 0.25) is 0 Å². The van der Waals surface area contributed by atoms with Crippen LogP contribution in [0.1, 0.15) is 30.3 Å². The Hall–Kier alpha value is -0.830. The fourth-order valence-corrected chi connectivity index (χ4v) is 2.04. The summed E-state index contributed by atoms with van der Waals surface area (Å²) in [6.45, 7) is 4.31. The molecule has 72 valence electrons. The lowest BCUT2D eigenvalue weighted by Crippen LogP contribution is -2.24. The standard InChI is InChI=1S/C10H17N3/c1-3-4-9-8-7-11-6-5-10(8)13(2)12-9/h11H,3-7H2,1-2H3. The van der Waals surface area contributed by atoms with Crippen LogP contribution in [0.25, 0.3) is 0 Å². The van der Waals surface area contributed by atoms with Crippen molar-refractivity contribution in [3.8, 4) is 0 Å². The Bertz CT molecular complexity index is 301. The molecule has 0 unspecified atom stereocenters. The van der Waals surface area contributed by atoms with Crippen LogP contribution < -0.4 is 5.32 Å². The first-order valence-electron chi connectivity index (χ1n) is 5.07. The quantitative estimate of drug-likeness (QED) is 0.734. The average Bonchev–Trinajstić information content (AvgIpc) is 2.46. The normalized spacial score (nSPS) is 15.8. The summed E-state index contributed by atoms with van der Waals surface area (Å²) in [5, 5.41) is 7.96. The van der Waals surface area contributed by atoms with Crippen molar-refractivity contribution >= 4 is 0 Å². The van der Waals surface area contributed by atoms with Crippen molar-refractivity contribution < 1.29 is 0 Å². The number of aromatic nitrogens is 2. The van der Waals surface area contributed by atoms with E-state index >= 15 is 0 Å². The van der Waals surface area contributed by atoms with Crippen molar-refractivity contribution in [2.45, 2.75) is 32.7 Å². The Balaban J connectivity index is 2.36. The summed E-state index contributed by atoms with van der Waals surface area (Å²) in [5.74, 6) is 0. The molecule has 0 aliphatic carbocycles. The van der Waals surface area contributed by atoms with E-state index in [1.165, 1.54) is 23.4 Å². The summed E-state index contributed by atoms with van der Waals surface area (Å²) in [6, 6.07) is 0. The molecule has 0 amide bonds. The SMILES string of the molecule is CCCc1nn(C)c2c1CNCC2. The minimum absolute atomic E-state index is 1.01. The Morgan fingerprint density at radius 2 is 2.38 bits per heavy atom. The predicted octanol–water partition coefficient (Wildman–Crippen LogP) is 1.02. The number of hydrogen-bond donors (Lipinski definition) is 1. The number of hydrogen-bond acceptors (Lipinski definition) is 2. The highest BCUT2D eigenvalue weighted by molar-refractivity contribution is 5.28. The molecule has 0 saturated heterocycles. The molecular weight excluding hydrogens is 162 g/mol. The molecule has 0 aromatic carbocycles. The lowest BCUT2D eigenvalue weighted by molar-refractivity contribution is 0.604. The van der Waals surface area contributed by atoms with Gasteiger partial charge in [-0.1, -0.05) is 13.3 Å². The van der Waals surface area contributed by atoms with Gasteiger partial charge in [-0.2, -0.15) is 5.10 Å². The molecule has 2 heterocycles. The molecule has 1 aromatic rings. The van der Waals surface area contributed by atoms with E-state index < -0.39 is 0 Å². The van der Waals surface area contributed by atoms with Crippen molar-refractivity contribution in [3.63, 3.8) is 0 Å². The summed E-state index contributed by atoms with van der Waals surface area (Å²) >= 11 is 0. The average molecular weight is 179 g/mol. The first kappa shape index (κ1) is 8.75. The van der Waals surface area contributed by atoms with Gasteiger partial charge in [0.2, 0.25) is 0 Å². The molecule has 1 N–H and O–H groups in total. The zero-order valence-electron chi connectivity index (χ0n) is 8.43. The lowest BCUT2D eigenvalue weighted by atomic mass is 10.0. The van der Waals surface area contributed by atoms with Crippen LogP contribution in [-0.2, 0) is 26.4 Å². The highest BCUT2D eigenvalue weighted by atomic mass is 15.3. The van der Waals surface area contributed by atoms with Crippen LogP contribution in [-0.4, -0.2) is 16.3 Å². The van der Waals surface area contributed by atoms with Gasteiger partial charge in [0.25, 0.3) is 0 Å². The maximum Gasteiger partial charge on any atom is 0.0672 e. The van der Waals surface area contributed by atoms with Gasteiger partial charge < -0.3 is 5.32 Å². The van der Waals surface area contributed by atoms with Crippen molar-refractivity contribution in [3.05, 3.63) is 17.0 Å². The maximum atomic E-state index is 4.56. The zero-order valence-corrected chi connectivity index (χ0v) is 8.43. The number of nitrogens with one attached hydrogen (secondary N) is 1. The van der Waals surface area contributed by atoms with E-state index in [9.17, 15) is 0 Å². The minimum atomic E-state index is 1.01. The fourth-order valence-electron chi connectivity index (χ4n) is 2.04. The number of rotatable bonds is 2. The lowest BCUT2D eigenvalue weighted by Gasteiger charge is -2.14. The van der Waals surface area contributed by atoms with Crippen molar-refractivity contribution in [2.75, 3.05) is 6.54 Å². The third kappa shape index (κ3) is 1.48. The molecule has 1 aromatic heterocycles. The molecule has 1 aliphatic heterocycles. The number of aryl methyl sites for hydroxylation is 2. The van der Waals surface area contributed by atoms with E-state index in [4.69, 9.17) is 0 Å². The van der Waals surface area contributed by atoms with Crippen LogP contribution in [0, 0.1) is 0 Å². The molecule has 0 fully saturated rings. The van der Waals surface area contributed by atoms with Gasteiger partial charge in [0, 0.05) is 37.8 Å². The minimum Gasteiger partial charge on any atom is -0.312 e. The summed E-state index contributed by atoms with van der Waals surface area (Å²) < 4.78 is 2.06. The van der Waals surface area contributed by atoms with E-state index in [0.29, 0.717) is 0 Å². The third-order valence-electron chi connectivity index (χ3n) is 2.69. The Labute approximate surface area is 79.1 Å². The molecular formula is C10H17N3. The van der Waals surface area contributed by atoms with E-state index in [1.807, 2.05) is 0 Å². The summed E-state index contributed by atoms with van der Waals surface area (Å²) in [5.41, 5.74) is 4.19. The van der Waals surface area contributed by atoms with Crippen LogP contribution in [0.4, 0.5) is 0 Å². The Morgan fingerprint density at radius 3 is 3.15 bits per heavy atom. The van der Waals surface area contributed by atoms with Crippen molar-refractivity contribution in [1.82, 2.24) is 15.1 Å². The van der Waals surface area contributed by atoms with Gasteiger partial charge in [-0.3, -0.25) is 4.68 Å². The predicted molar refractivity (Wildman–Crippen MR) is 52.6 cm³/mol.